The number of nitrogens with zero attached hydrogens (tertiary/aromatic N) is 3. The molecule has 6 nitrogen and oxygen atoms in total. The van der Waals surface area contributed by atoms with Crippen LogP contribution >= 0.6 is 11.8 Å². The fraction of sp³-hybridized carbons (Fsp3) is 0.550. The molecule has 1 aliphatic carbocycles. The van der Waals surface area contributed by atoms with Gasteiger partial charge in [0.2, 0.25) is 11.1 Å². The number of carbonyl (C=O) groups excluding carboxylic acids is 1. The average molecular weight is 388 g/mol. The fourth-order valence-electron chi connectivity index (χ4n) is 3.54. The van der Waals surface area contributed by atoms with Gasteiger partial charge < -0.3 is 11.2 Å². The monoisotopic (exact) mass is 387 g/mol. The minimum Gasteiger partial charge on any atom is -0.336 e. The van der Waals surface area contributed by atoms with Crippen molar-refractivity contribution in [2.45, 2.75) is 63.4 Å². The first-order chi connectivity index (χ1) is 13.2. The van der Waals surface area contributed by atoms with E-state index in [0.717, 1.165) is 36.7 Å². The third-order valence-corrected chi connectivity index (χ3v) is 6.16. The van der Waals surface area contributed by atoms with Crippen molar-refractivity contribution in [3.05, 3.63) is 35.7 Å². The molecule has 0 bridgehead atoms. The Morgan fingerprint density at radius 2 is 1.96 bits per heavy atom. The first kappa shape index (κ1) is 19.7. The summed E-state index contributed by atoms with van der Waals surface area (Å²) in [5.41, 5.74) is 2.06. The maximum absolute atomic E-state index is 12.2. The molecule has 3 N–H and O–H groups in total. The summed E-state index contributed by atoms with van der Waals surface area (Å²) in [6.07, 6.45) is 9.65. The molecule has 0 unspecified atom stereocenters. The number of aromatic nitrogens is 3. The molecule has 1 saturated carbocycles. The lowest BCUT2D eigenvalue weighted by Crippen LogP contribution is -2.18. The molecule has 1 aromatic heterocycles. The molecule has 0 spiro atoms. The molecular weight excluding hydrogens is 358 g/mol. The molecule has 1 heterocycles. The van der Waals surface area contributed by atoms with E-state index in [1.807, 2.05) is 24.3 Å². The highest BCUT2D eigenvalue weighted by molar-refractivity contribution is 7.99. The van der Waals surface area contributed by atoms with Crippen LogP contribution in [0.1, 0.15) is 56.8 Å². The Morgan fingerprint density at radius 1 is 1.22 bits per heavy atom. The van der Waals surface area contributed by atoms with Crippen LogP contribution in [0.5, 0.6) is 0 Å². The van der Waals surface area contributed by atoms with E-state index in [1.165, 1.54) is 54.1 Å². The zero-order valence-electron chi connectivity index (χ0n) is 16.0. The van der Waals surface area contributed by atoms with Gasteiger partial charge >= 0.3 is 0 Å². The van der Waals surface area contributed by atoms with Crippen molar-refractivity contribution < 1.29 is 4.79 Å². The quantitative estimate of drug-likeness (QED) is 0.531. The van der Waals surface area contributed by atoms with E-state index in [2.05, 4.69) is 22.4 Å². The molecule has 1 fully saturated rings. The highest BCUT2D eigenvalue weighted by atomic mass is 32.2. The number of hydrogen-bond acceptors (Lipinski definition) is 5. The Kier molecular flexibility index (Phi) is 7.15. The van der Waals surface area contributed by atoms with Crippen molar-refractivity contribution in [1.82, 2.24) is 14.9 Å². The summed E-state index contributed by atoms with van der Waals surface area (Å²) in [7, 11) is 0. The third-order valence-electron chi connectivity index (χ3n) is 5.21. The molecule has 0 radical (unpaired) electrons. The van der Waals surface area contributed by atoms with Gasteiger partial charge in [0.05, 0.1) is 5.75 Å². The second-order valence-corrected chi connectivity index (χ2v) is 8.14. The normalized spacial score (nSPS) is 15.0. The van der Waals surface area contributed by atoms with Crippen molar-refractivity contribution in [1.29, 1.82) is 0 Å². The maximum Gasteiger partial charge on any atom is 0.234 e. The SMILES string of the molecule is CCc1ccc(NC(=O)CSc2nnc(CCC3CCCCC3)n2N)cc1. The zero-order valence-corrected chi connectivity index (χ0v) is 16.8. The number of anilines is 1. The average Bonchev–Trinajstić information content (AvgIpc) is 3.06. The summed E-state index contributed by atoms with van der Waals surface area (Å²) in [5, 5.41) is 11.9. The van der Waals surface area contributed by atoms with Gasteiger partial charge in [-0.2, -0.15) is 0 Å². The van der Waals surface area contributed by atoms with Gasteiger partial charge in [-0.3, -0.25) is 4.79 Å². The van der Waals surface area contributed by atoms with E-state index in [9.17, 15) is 4.79 Å². The summed E-state index contributed by atoms with van der Waals surface area (Å²) in [4.78, 5) is 12.2. The number of aryl methyl sites for hydroxylation is 2. The van der Waals surface area contributed by atoms with Gasteiger partial charge in [-0.25, -0.2) is 4.68 Å². The Labute approximate surface area is 165 Å². The van der Waals surface area contributed by atoms with Gasteiger partial charge in [-0.05, 0) is 36.5 Å². The lowest BCUT2D eigenvalue weighted by molar-refractivity contribution is -0.113. The molecular formula is C20H29N5OS. The Balaban J connectivity index is 1.45. The Hall–Kier alpha value is -2.02. The van der Waals surface area contributed by atoms with E-state index in [4.69, 9.17) is 5.84 Å². The van der Waals surface area contributed by atoms with E-state index in [-0.39, 0.29) is 11.7 Å². The maximum atomic E-state index is 12.2. The summed E-state index contributed by atoms with van der Waals surface area (Å²) in [6, 6.07) is 7.90. The number of carbonyl (C=O) groups is 1. The van der Waals surface area contributed by atoms with Gasteiger partial charge in [0.1, 0.15) is 0 Å². The number of thioether (sulfide) groups is 1. The number of amides is 1. The molecule has 1 amide bonds. The highest BCUT2D eigenvalue weighted by Gasteiger charge is 2.17. The lowest BCUT2D eigenvalue weighted by Gasteiger charge is -2.20. The number of nitrogens with one attached hydrogen (secondary N) is 1. The van der Waals surface area contributed by atoms with Crippen molar-refractivity contribution >= 4 is 23.4 Å². The van der Waals surface area contributed by atoms with E-state index < -0.39 is 0 Å². The standard InChI is InChI=1S/C20H29N5OS/c1-2-15-8-11-17(12-9-15)22-19(26)14-27-20-24-23-18(25(20)21)13-10-16-6-4-3-5-7-16/h8-9,11-12,16H,2-7,10,13-14,21H2,1H3,(H,22,26). The van der Waals surface area contributed by atoms with Crippen molar-refractivity contribution in [3.63, 3.8) is 0 Å². The van der Waals surface area contributed by atoms with Crippen LogP contribution < -0.4 is 11.2 Å². The number of rotatable bonds is 8. The highest BCUT2D eigenvalue weighted by Crippen LogP contribution is 2.27. The first-order valence-electron chi connectivity index (χ1n) is 9.86. The summed E-state index contributed by atoms with van der Waals surface area (Å²) < 4.78 is 1.54. The van der Waals surface area contributed by atoms with Gasteiger partial charge in [-0.15, -0.1) is 10.2 Å². The largest absolute Gasteiger partial charge is 0.336 e. The minimum absolute atomic E-state index is 0.0731. The van der Waals surface area contributed by atoms with Crippen LogP contribution in [0, 0.1) is 5.92 Å². The first-order valence-corrected chi connectivity index (χ1v) is 10.8. The lowest BCUT2D eigenvalue weighted by atomic mass is 9.86. The van der Waals surface area contributed by atoms with Crippen molar-refractivity contribution in [2.75, 3.05) is 16.9 Å². The third kappa shape index (κ3) is 5.73. The molecule has 0 aliphatic heterocycles. The van der Waals surface area contributed by atoms with Crippen LogP contribution in [0.25, 0.3) is 0 Å². The minimum atomic E-state index is -0.0731. The number of hydrogen-bond donors (Lipinski definition) is 2. The molecule has 1 aromatic carbocycles. The summed E-state index contributed by atoms with van der Waals surface area (Å²) in [5.74, 6) is 7.91. The topological polar surface area (TPSA) is 85.8 Å². The second kappa shape index (κ2) is 9.78. The Morgan fingerprint density at radius 3 is 2.67 bits per heavy atom. The summed E-state index contributed by atoms with van der Waals surface area (Å²) in [6.45, 7) is 2.11. The van der Waals surface area contributed by atoms with Crippen LogP contribution in [0.3, 0.4) is 0 Å². The van der Waals surface area contributed by atoms with E-state index in [1.54, 1.807) is 0 Å². The molecule has 7 heteroatoms. The number of nitrogen functional groups attached to an aromatic ring is 1. The molecule has 27 heavy (non-hydrogen) atoms. The van der Waals surface area contributed by atoms with Crippen LogP contribution in [-0.4, -0.2) is 26.5 Å². The van der Waals surface area contributed by atoms with Gasteiger partial charge in [0.15, 0.2) is 5.82 Å². The molecule has 146 valence electrons. The fourth-order valence-corrected chi connectivity index (χ4v) is 4.21. The number of benzene rings is 1. The summed E-state index contributed by atoms with van der Waals surface area (Å²) >= 11 is 1.32. The van der Waals surface area contributed by atoms with Gasteiger partial charge in [0.25, 0.3) is 0 Å². The van der Waals surface area contributed by atoms with E-state index in [0.29, 0.717) is 5.16 Å². The second-order valence-electron chi connectivity index (χ2n) is 7.20. The zero-order chi connectivity index (χ0) is 19.1. The van der Waals surface area contributed by atoms with Crippen molar-refractivity contribution in [2.24, 2.45) is 5.92 Å². The van der Waals surface area contributed by atoms with Gasteiger partial charge in [0, 0.05) is 12.1 Å². The molecule has 3 rings (SSSR count). The molecule has 0 saturated heterocycles. The number of nitrogens with two attached hydrogens (primary N) is 1. The van der Waals surface area contributed by atoms with Crippen molar-refractivity contribution in [3.8, 4) is 0 Å². The predicted octanol–water partition coefficient (Wildman–Crippen LogP) is 3.80. The Bertz CT molecular complexity index is 737. The van der Waals surface area contributed by atoms with Crippen LogP contribution in [0.4, 0.5) is 5.69 Å². The molecule has 2 aromatic rings. The van der Waals surface area contributed by atoms with Crippen LogP contribution in [-0.2, 0) is 17.6 Å². The van der Waals surface area contributed by atoms with E-state index >= 15 is 0 Å². The smallest absolute Gasteiger partial charge is 0.234 e. The van der Waals surface area contributed by atoms with Gasteiger partial charge in [-0.1, -0.05) is 62.9 Å². The van der Waals surface area contributed by atoms with Crippen LogP contribution in [0.15, 0.2) is 29.4 Å². The molecule has 1 aliphatic rings. The molecule has 0 atom stereocenters. The predicted molar refractivity (Wildman–Crippen MR) is 110 cm³/mol. The van der Waals surface area contributed by atoms with Crippen LogP contribution in [0.2, 0.25) is 0 Å².